The molecule has 0 radical (unpaired) electrons. The maximum Gasteiger partial charge on any atom is 0.390 e. The van der Waals surface area contributed by atoms with E-state index in [-0.39, 0.29) is 18.2 Å². The van der Waals surface area contributed by atoms with Gasteiger partial charge in [0.15, 0.2) is 5.76 Å². The first kappa shape index (κ1) is 18.9. The molecule has 3 aromatic heterocycles. The fourth-order valence-electron chi connectivity index (χ4n) is 2.81. The minimum absolute atomic E-state index is 0.0184. The van der Waals surface area contributed by atoms with Crippen LogP contribution >= 0.6 is 0 Å². The third kappa shape index (κ3) is 4.47. The number of hydrogen-bond donors (Lipinski definition) is 1. The molecule has 1 N–H and O–H groups in total. The van der Waals surface area contributed by atoms with E-state index in [1.54, 1.807) is 12.3 Å². The van der Waals surface area contributed by atoms with Crippen LogP contribution in [0.15, 0.2) is 35.3 Å². The van der Waals surface area contributed by atoms with Crippen molar-refractivity contribution in [3.8, 4) is 11.3 Å². The number of aromatic amines is 1. The number of hydrogen-bond acceptors (Lipinski definition) is 4. The average molecular weight is 380 g/mol. The molecule has 0 aromatic carbocycles. The van der Waals surface area contributed by atoms with E-state index in [0.717, 1.165) is 5.39 Å². The smallest absolute Gasteiger partial charge is 0.390 e. The number of rotatable bonds is 6. The minimum Gasteiger partial charge on any atom is -0.458 e. The summed E-state index contributed by atoms with van der Waals surface area (Å²) in [6, 6.07) is 3.30. The van der Waals surface area contributed by atoms with Crippen molar-refractivity contribution in [3.63, 3.8) is 0 Å². The fourth-order valence-corrected chi connectivity index (χ4v) is 2.81. The Balaban J connectivity index is 1.84. The number of carbonyl (C=O) groups excluding carboxylic acids is 1. The molecule has 0 atom stereocenters. The Labute approximate surface area is 153 Å². The molecule has 0 fully saturated rings. The third-order valence-corrected chi connectivity index (χ3v) is 3.98. The molecular weight excluding hydrogens is 361 g/mol. The highest BCUT2D eigenvalue weighted by Crippen LogP contribution is 2.27. The van der Waals surface area contributed by atoms with Gasteiger partial charge in [-0.3, -0.25) is 4.79 Å². The van der Waals surface area contributed by atoms with Gasteiger partial charge in [0.1, 0.15) is 18.2 Å². The van der Waals surface area contributed by atoms with Gasteiger partial charge in [0.05, 0.1) is 12.1 Å². The molecule has 1 amide bonds. The molecule has 6 nitrogen and oxygen atoms in total. The van der Waals surface area contributed by atoms with Crippen LogP contribution in [0.2, 0.25) is 0 Å². The molecule has 0 bridgehead atoms. The third-order valence-electron chi connectivity index (χ3n) is 3.98. The molecule has 0 aliphatic rings. The summed E-state index contributed by atoms with van der Waals surface area (Å²) in [7, 11) is 0. The molecule has 3 aromatic rings. The summed E-state index contributed by atoms with van der Waals surface area (Å²) in [6.45, 7) is 3.47. The predicted molar refractivity (Wildman–Crippen MR) is 93.0 cm³/mol. The van der Waals surface area contributed by atoms with Crippen LogP contribution in [0.25, 0.3) is 22.3 Å². The molecule has 0 aliphatic carbocycles. The van der Waals surface area contributed by atoms with Crippen LogP contribution in [0, 0.1) is 5.92 Å². The minimum atomic E-state index is -4.33. The van der Waals surface area contributed by atoms with E-state index in [9.17, 15) is 18.0 Å². The Morgan fingerprint density at radius 2 is 2.11 bits per heavy atom. The number of nitrogens with one attached hydrogen (secondary N) is 1. The SMILES string of the molecule is CC(C)CN(CCC(F)(F)F)C(=O)c1cc(-c2ncnc3[nH]ccc23)co1. The molecule has 27 heavy (non-hydrogen) atoms. The van der Waals surface area contributed by atoms with Crippen LogP contribution in [-0.4, -0.2) is 45.0 Å². The van der Waals surface area contributed by atoms with Crippen LogP contribution in [0.5, 0.6) is 0 Å². The van der Waals surface area contributed by atoms with Crippen LogP contribution in [0.1, 0.15) is 30.8 Å². The fraction of sp³-hybridized carbons (Fsp3) is 0.389. The summed E-state index contributed by atoms with van der Waals surface area (Å²) < 4.78 is 43.1. The molecule has 0 saturated heterocycles. The highest BCUT2D eigenvalue weighted by molar-refractivity contribution is 5.95. The molecule has 9 heteroatoms. The van der Waals surface area contributed by atoms with Crippen molar-refractivity contribution in [1.82, 2.24) is 19.9 Å². The number of nitrogens with zero attached hydrogens (tertiary/aromatic N) is 3. The van der Waals surface area contributed by atoms with Gasteiger partial charge in [0, 0.05) is 30.2 Å². The summed E-state index contributed by atoms with van der Waals surface area (Å²) in [4.78, 5) is 25.1. The summed E-state index contributed by atoms with van der Waals surface area (Å²) in [6.07, 6.45) is -0.910. The predicted octanol–water partition coefficient (Wildman–Crippen LogP) is 4.27. The van der Waals surface area contributed by atoms with Gasteiger partial charge in [0.25, 0.3) is 5.91 Å². The molecule has 0 unspecified atom stereocenters. The lowest BCUT2D eigenvalue weighted by Gasteiger charge is -2.24. The van der Waals surface area contributed by atoms with E-state index in [0.29, 0.717) is 16.9 Å². The molecule has 3 heterocycles. The van der Waals surface area contributed by atoms with Crippen molar-refractivity contribution < 1.29 is 22.4 Å². The highest BCUT2D eigenvalue weighted by atomic mass is 19.4. The van der Waals surface area contributed by atoms with Crippen molar-refractivity contribution in [2.75, 3.05) is 13.1 Å². The number of furan rings is 1. The van der Waals surface area contributed by atoms with Crippen molar-refractivity contribution in [2.45, 2.75) is 26.4 Å². The number of aromatic nitrogens is 3. The first-order valence-electron chi connectivity index (χ1n) is 8.47. The molecule has 144 valence electrons. The molecular formula is C18H19F3N4O2. The Kier molecular flexibility index (Phi) is 5.20. The summed E-state index contributed by atoms with van der Waals surface area (Å²) in [5.74, 6) is -0.563. The van der Waals surface area contributed by atoms with E-state index in [1.807, 2.05) is 13.8 Å². The average Bonchev–Trinajstić information content (AvgIpc) is 3.25. The van der Waals surface area contributed by atoms with Gasteiger partial charge in [-0.1, -0.05) is 13.8 Å². The van der Waals surface area contributed by atoms with E-state index in [1.165, 1.54) is 23.6 Å². The molecule has 0 spiro atoms. The standard InChI is InChI=1S/C18H19F3N4O2/c1-11(2)8-25(6-4-18(19,20)21)17(26)14-7-12(9-27-14)15-13-3-5-22-16(13)24-10-23-15/h3,5,7,9-11H,4,6,8H2,1-2H3,(H,22,23,24). The van der Waals surface area contributed by atoms with Gasteiger partial charge < -0.3 is 14.3 Å². The van der Waals surface area contributed by atoms with Gasteiger partial charge in [-0.2, -0.15) is 13.2 Å². The maximum absolute atomic E-state index is 12.7. The number of amides is 1. The normalized spacial score (nSPS) is 12.1. The molecule has 3 rings (SSSR count). The van der Waals surface area contributed by atoms with Gasteiger partial charge in [-0.05, 0) is 18.1 Å². The number of alkyl halides is 3. The lowest BCUT2D eigenvalue weighted by Crippen LogP contribution is -2.36. The van der Waals surface area contributed by atoms with E-state index >= 15 is 0 Å². The van der Waals surface area contributed by atoms with E-state index < -0.39 is 25.0 Å². The quantitative estimate of drug-likeness (QED) is 0.693. The van der Waals surface area contributed by atoms with Crippen molar-refractivity contribution in [3.05, 3.63) is 36.7 Å². The van der Waals surface area contributed by atoms with Gasteiger partial charge in [0.2, 0.25) is 0 Å². The first-order chi connectivity index (χ1) is 12.7. The zero-order valence-electron chi connectivity index (χ0n) is 14.9. The zero-order valence-corrected chi connectivity index (χ0v) is 14.9. The topological polar surface area (TPSA) is 75.0 Å². The van der Waals surface area contributed by atoms with E-state index in [2.05, 4.69) is 15.0 Å². The second kappa shape index (κ2) is 7.42. The largest absolute Gasteiger partial charge is 0.458 e. The first-order valence-corrected chi connectivity index (χ1v) is 8.47. The number of fused-ring (bicyclic) bond motifs is 1. The van der Waals surface area contributed by atoms with Crippen molar-refractivity contribution in [2.24, 2.45) is 5.92 Å². The molecule has 0 saturated carbocycles. The Morgan fingerprint density at radius 3 is 2.81 bits per heavy atom. The Bertz CT molecular complexity index is 930. The van der Waals surface area contributed by atoms with Gasteiger partial charge in [-0.25, -0.2) is 9.97 Å². The highest BCUT2D eigenvalue weighted by Gasteiger charge is 2.30. The number of halogens is 3. The zero-order chi connectivity index (χ0) is 19.6. The van der Waals surface area contributed by atoms with Gasteiger partial charge >= 0.3 is 6.18 Å². The second-order valence-electron chi connectivity index (χ2n) is 6.67. The second-order valence-corrected chi connectivity index (χ2v) is 6.67. The lowest BCUT2D eigenvalue weighted by molar-refractivity contribution is -0.136. The summed E-state index contributed by atoms with van der Waals surface area (Å²) >= 11 is 0. The lowest BCUT2D eigenvalue weighted by atomic mass is 10.1. The number of carbonyl (C=O) groups is 1. The Hall–Kier alpha value is -2.84. The van der Waals surface area contributed by atoms with Crippen LogP contribution in [0.4, 0.5) is 13.2 Å². The van der Waals surface area contributed by atoms with Crippen molar-refractivity contribution >= 4 is 16.9 Å². The molecule has 0 aliphatic heterocycles. The summed E-state index contributed by atoms with van der Waals surface area (Å²) in [5, 5.41) is 0.758. The van der Waals surface area contributed by atoms with Crippen LogP contribution < -0.4 is 0 Å². The maximum atomic E-state index is 12.7. The van der Waals surface area contributed by atoms with Crippen LogP contribution in [0.3, 0.4) is 0 Å². The van der Waals surface area contributed by atoms with Gasteiger partial charge in [-0.15, -0.1) is 0 Å². The van der Waals surface area contributed by atoms with E-state index in [4.69, 9.17) is 4.42 Å². The van der Waals surface area contributed by atoms with Crippen LogP contribution in [-0.2, 0) is 0 Å². The van der Waals surface area contributed by atoms with Crippen molar-refractivity contribution in [1.29, 1.82) is 0 Å². The monoisotopic (exact) mass is 380 g/mol. The summed E-state index contributed by atoms with van der Waals surface area (Å²) in [5.41, 5.74) is 1.78. The Morgan fingerprint density at radius 1 is 1.33 bits per heavy atom. The number of H-pyrrole nitrogens is 1.